The average Bonchev–Trinajstić information content (AvgIpc) is 3.33. The predicted octanol–water partition coefficient (Wildman–Crippen LogP) is 4.38. The first kappa shape index (κ1) is 40.5. The van der Waals surface area contributed by atoms with Gasteiger partial charge in [0.25, 0.3) is 5.91 Å². The van der Waals surface area contributed by atoms with Crippen molar-refractivity contribution in [2.75, 3.05) is 6.61 Å². The van der Waals surface area contributed by atoms with Crippen molar-refractivity contribution in [2.45, 2.75) is 110 Å². The fourth-order valence-electron chi connectivity index (χ4n) is 4.34. The zero-order chi connectivity index (χ0) is 36.6. The molecule has 3 N–H and O–H groups in total. The summed E-state index contributed by atoms with van der Waals surface area (Å²) >= 11 is 12.1. The van der Waals surface area contributed by atoms with Gasteiger partial charge in [-0.25, -0.2) is 4.79 Å². The Hall–Kier alpha value is -3.68. The molecule has 1 unspecified atom stereocenters. The molecule has 1 aromatic rings. The quantitative estimate of drug-likeness (QED) is 0.184. The van der Waals surface area contributed by atoms with Gasteiger partial charge in [0.15, 0.2) is 18.0 Å². The standard InChI is InChI=1S/C33H45Cl2N3O10/c1-18(2)28(37-24(40)13-14-25(41)46-31(3,4)5)22-16-33(9,48-38-22)30(44)36-21(15-26(42)47-32(6,7)8)23(39)17-45-29(43)27-19(34)11-10-12-20(27)35/h10-12,16,18,21,28,38H,13-15,17H2,1-9H3,(H,36,44)(H,37,40)/t21-,28-,33?/m0/s1. The number of ketones is 1. The fraction of sp³-hybridized carbons (Fsp3) is 0.576. The fourth-order valence-corrected chi connectivity index (χ4v) is 4.89. The van der Waals surface area contributed by atoms with Crippen molar-refractivity contribution in [3.8, 4) is 0 Å². The van der Waals surface area contributed by atoms with Gasteiger partial charge < -0.3 is 24.8 Å². The molecular weight excluding hydrogens is 669 g/mol. The largest absolute Gasteiger partial charge is 0.460 e. The van der Waals surface area contributed by atoms with Crippen LogP contribution in [-0.2, 0) is 43.0 Å². The summed E-state index contributed by atoms with van der Waals surface area (Å²) in [5, 5.41) is 5.36. The molecule has 0 aliphatic carbocycles. The number of hydroxylamine groups is 1. The third-order valence-corrected chi connectivity index (χ3v) is 7.18. The molecule has 0 saturated heterocycles. The van der Waals surface area contributed by atoms with E-state index < -0.39 is 77.4 Å². The summed E-state index contributed by atoms with van der Waals surface area (Å²) < 4.78 is 15.7. The van der Waals surface area contributed by atoms with Crippen LogP contribution in [0.2, 0.25) is 10.0 Å². The highest BCUT2D eigenvalue weighted by atomic mass is 35.5. The van der Waals surface area contributed by atoms with E-state index in [1.165, 1.54) is 31.2 Å². The molecule has 0 fully saturated rings. The first-order valence-corrected chi connectivity index (χ1v) is 16.1. The molecule has 0 spiro atoms. The smallest absolute Gasteiger partial charge is 0.341 e. The zero-order valence-electron chi connectivity index (χ0n) is 28.7. The molecule has 0 aromatic heterocycles. The van der Waals surface area contributed by atoms with Crippen LogP contribution in [0.5, 0.6) is 0 Å². The zero-order valence-corrected chi connectivity index (χ0v) is 30.2. The lowest BCUT2D eigenvalue weighted by molar-refractivity contribution is -0.157. The van der Waals surface area contributed by atoms with Crippen molar-refractivity contribution in [3.05, 3.63) is 45.6 Å². The van der Waals surface area contributed by atoms with Gasteiger partial charge >= 0.3 is 17.9 Å². The lowest BCUT2D eigenvalue weighted by Crippen LogP contribution is -2.52. The number of benzene rings is 1. The lowest BCUT2D eigenvalue weighted by atomic mass is 9.96. The molecule has 0 radical (unpaired) electrons. The Morgan fingerprint density at radius 3 is 2.00 bits per heavy atom. The maximum atomic E-state index is 13.5. The second-order valence-corrected chi connectivity index (χ2v) is 14.6. The first-order chi connectivity index (χ1) is 22.0. The SMILES string of the molecule is CC(C)[C@H](NC(=O)CCC(=O)OC(C)(C)C)C1=CC(C)(C(=O)N[C@@H](CC(=O)OC(C)(C)C)C(=O)COC(=O)c2c(Cl)cccc2Cl)ON1. The Morgan fingerprint density at radius 1 is 0.896 bits per heavy atom. The van der Waals surface area contributed by atoms with Crippen LogP contribution < -0.4 is 16.1 Å². The van der Waals surface area contributed by atoms with Crippen molar-refractivity contribution >= 4 is 58.7 Å². The third kappa shape index (κ3) is 12.7. The van der Waals surface area contributed by atoms with Gasteiger partial charge in [-0.3, -0.25) is 34.3 Å². The molecule has 0 bridgehead atoms. The van der Waals surface area contributed by atoms with Gasteiger partial charge in [-0.1, -0.05) is 43.1 Å². The second-order valence-electron chi connectivity index (χ2n) is 13.7. The topological polar surface area (TPSA) is 175 Å². The highest BCUT2D eigenvalue weighted by molar-refractivity contribution is 6.39. The Morgan fingerprint density at radius 2 is 1.46 bits per heavy atom. The van der Waals surface area contributed by atoms with E-state index in [9.17, 15) is 28.8 Å². The van der Waals surface area contributed by atoms with Crippen LogP contribution in [0.25, 0.3) is 0 Å². The highest BCUT2D eigenvalue weighted by Crippen LogP contribution is 2.26. The molecule has 15 heteroatoms. The van der Waals surface area contributed by atoms with E-state index in [1.54, 1.807) is 41.5 Å². The second kappa shape index (κ2) is 16.6. The number of amides is 2. The Labute approximate surface area is 290 Å². The van der Waals surface area contributed by atoms with E-state index in [0.717, 1.165) is 0 Å². The Balaban J connectivity index is 2.19. The van der Waals surface area contributed by atoms with Crippen LogP contribution in [0, 0.1) is 5.92 Å². The van der Waals surface area contributed by atoms with Crippen LogP contribution in [0.4, 0.5) is 0 Å². The molecule has 1 aliphatic rings. The van der Waals surface area contributed by atoms with Crippen LogP contribution in [0.15, 0.2) is 30.0 Å². The van der Waals surface area contributed by atoms with E-state index in [2.05, 4.69) is 16.1 Å². The number of Topliss-reactive ketones (excluding diaryl/α,β-unsaturated/α-hetero) is 1. The van der Waals surface area contributed by atoms with Crippen molar-refractivity contribution in [2.24, 2.45) is 5.92 Å². The number of nitrogens with one attached hydrogen (secondary N) is 3. The third-order valence-electron chi connectivity index (χ3n) is 6.55. The van der Waals surface area contributed by atoms with Crippen LogP contribution >= 0.6 is 23.2 Å². The molecule has 13 nitrogen and oxygen atoms in total. The summed E-state index contributed by atoms with van der Waals surface area (Å²) in [5.41, 5.74) is -0.370. The number of ether oxygens (including phenoxy) is 3. The maximum absolute atomic E-state index is 13.5. The van der Waals surface area contributed by atoms with E-state index in [0.29, 0.717) is 5.70 Å². The van der Waals surface area contributed by atoms with Crippen molar-refractivity contribution < 1.29 is 47.8 Å². The minimum Gasteiger partial charge on any atom is -0.460 e. The minimum absolute atomic E-state index is 0.0129. The number of esters is 3. The number of hydrogen-bond donors (Lipinski definition) is 3. The summed E-state index contributed by atoms with van der Waals surface area (Å²) in [4.78, 5) is 82.5. The molecule has 3 atom stereocenters. The van der Waals surface area contributed by atoms with E-state index >= 15 is 0 Å². The molecule has 1 aliphatic heterocycles. The predicted molar refractivity (Wildman–Crippen MR) is 177 cm³/mol. The lowest BCUT2D eigenvalue weighted by Gasteiger charge is -2.25. The van der Waals surface area contributed by atoms with Gasteiger partial charge in [0.05, 0.1) is 40.2 Å². The van der Waals surface area contributed by atoms with Gasteiger partial charge in [-0.2, -0.15) is 0 Å². The molecule has 266 valence electrons. The molecule has 48 heavy (non-hydrogen) atoms. The minimum atomic E-state index is -1.70. The number of halogens is 2. The summed E-state index contributed by atoms with van der Waals surface area (Å²) in [7, 11) is 0. The van der Waals surface area contributed by atoms with Gasteiger partial charge in [-0.15, -0.1) is 0 Å². The van der Waals surface area contributed by atoms with Crippen molar-refractivity contribution in [1.82, 2.24) is 16.1 Å². The summed E-state index contributed by atoms with van der Waals surface area (Å²) in [6, 6.07) is 2.27. The normalized spacial score (nSPS) is 17.4. The van der Waals surface area contributed by atoms with Gasteiger partial charge in [0.1, 0.15) is 17.2 Å². The van der Waals surface area contributed by atoms with Gasteiger partial charge in [0, 0.05) is 6.42 Å². The molecule has 1 aromatic carbocycles. The van der Waals surface area contributed by atoms with Crippen molar-refractivity contribution in [1.29, 1.82) is 0 Å². The molecule has 1 heterocycles. The van der Waals surface area contributed by atoms with E-state index in [-0.39, 0.29) is 34.4 Å². The highest BCUT2D eigenvalue weighted by Gasteiger charge is 2.42. The number of carbonyl (C=O) groups is 6. The summed E-state index contributed by atoms with van der Waals surface area (Å²) in [6.07, 6.45) is 0.626. The van der Waals surface area contributed by atoms with E-state index in [4.69, 9.17) is 42.3 Å². The summed E-state index contributed by atoms with van der Waals surface area (Å²) in [5.74, 6) is -4.50. The molecule has 2 amide bonds. The van der Waals surface area contributed by atoms with Crippen LogP contribution in [-0.4, -0.2) is 71.0 Å². The number of rotatable bonds is 14. The van der Waals surface area contributed by atoms with Gasteiger partial charge in [-0.05, 0) is 72.6 Å². The Bertz CT molecular complexity index is 1410. The monoisotopic (exact) mass is 713 g/mol. The van der Waals surface area contributed by atoms with Crippen LogP contribution in [0.3, 0.4) is 0 Å². The molecule has 2 rings (SSSR count). The molecular formula is C33H45Cl2N3O10. The van der Waals surface area contributed by atoms with E-state index in [1.807, 2.05) is 13.8 Å². The summed E-state index contributed by atoms with van der Waals surface area (Å²) in [6.45, 7) is 14.4. The first-order valence-electron chi connectivity index (χ1n) is 15.4. The number of hydrogen-bond acceptors (Lipinski definition) is 11. The maximum Gasteiger partial charge on any atom is 0.341 e. The molecule has 0 saturated carbocycles. The Kier molecular flexibility index (Phi) is 14.0. The average molecular weight is 715 g/mol. The number of carbonyl (C=O) groups excluding carboxylic acids is 6. The van der Waals surface area contributed by atoms with Crippen LogP contribution in [0.1, 0.15) is 91.9 Å². The van der Waals surface area contributed by atoms with Gasteiger partial charge in [0.2, 0.25) is 5.91 Å². The van der Waals surface area contributed by atoms with Crippen molar-refractivity contribution in [3.63, 3.8) is 0 Å².